The molecular weight excluding hydrogens is 1400 g/mol. The van der Waals surface area contributed by atoms with Crippen LogP contribution < -0.4 is 0 Å². The van der Waals surface area contributed by atoms with Crippen LogP contribution in [0.1, 0.15) is 478 Å². The summed E-state index contributed by atoms with van der Waals surface area (Å²) in [6.07, 6.45) is 73.6. The van der Waals surface area contributed by atoms with Gasteiger partial charge in [0.15, 0.2) is 12.2 Å². The fraction of sp³-hybridized carbons (Fsp3) is 0.955. The zero-order valence-corrected chi connectivity index (χ0v) is 73.0. The Morgan fingerprint density at radius 3 is 0.704 bits per heavy atom. The number of phosphoric ester groups is 2. The standard InChI is InChI=1S/C89H174O17P2/c1-7-10-12-14-16-18-20-22-24-26-27-31-35-38-42-46-53-59-65-71-86(91)99-77-84(105-88(93)74-68-62-56-48-44-40-36-32-29-28-30-33-37-41-45-52-58-64-70-82(6)9-3)79-103-107(95,96)101-75-83(90)76-102-108(97,98)104-80-85(78-100-87(92)72-66-60-54-50-49-51-57-63-69-81(4)5)106-89(94)73-67-61-55-47-43-39-34-25-23-21-19-17-15-13-11-8-2/h81-85,90H,7-80H2,1-6H3,(H,95,96)(H,97,98)/t82?,83-,84-,85-/m1/s1. The lowest BCUT2D eigenvalue weighted by atomic mass is 9.99. The van der Waals surface area contributed by atoms with Gasteiger partial charge in [0.05, 0.1) is 26.4 Å². The monoisotopic (exact) mass is 1580 g/mol. The Bertz CT molecular complexity index is 2070. The molecule has 0 saturated heterocycles. The van der Waals surface area contributed by atoms with Gasteiger partial charge in [-0.3, -0.25) is 37.3 Å². The Balaban J connectivity index is 5.23. The first-order valence-electron chi connectivity index (χ1n) is 46.0. The molecule has 0 aliphatic carbocycles. The second kappa shape index (κ2) is 80.3. The van der Waals surface area contributed by atoms with Gasteiger partial charge < -0.3 is 33.8 Å². The van der Waals surface area contributed by atoms with Crippen molar-refractivity contribution in [1.29, 1.82) is 0 Å². The van der Waals surface area contributed by atoms with Gasteiger partial charge >= 0.3 is 39.5 Å². The zero-order valence-electron chi connectivity index (χ0n) is 71.2. The minimum Gasteiger partial charge on any atom is -0.462 e. The average molecular weight is 1580 g/mol. The van der Waals surface area contributed by atoms with Gasteiger partial charge in [0.2, 0.25) is 0 Å². The van der Waals surface area contributed by atoms with E-state index in [1.807, 2.05) is 0 Å². The van der Waals surface area contributed by atoms with Crippen LogP contribution in [-0.4, -0.2) is 96.7 Å². The van der Waals surface area contributed by atoms with Gasteiger partial charge in [0, 0.05) is 25.7 Å². The Labute approximate surface area is 664 Å². The number of esters is 4. The van der Waals surface area contributed by atoms with E-state index in [0.717, 1.165) is 102 Å². The third-order valence-corrected chi connectivity index (χ3v) is 23.2. The maximum atomic E-state index is 13.2. The third kappa shape index (κ3) is 80.7. The summed E-state index contributed by atoms with van der Waals surface area (Å²) in [7, 11) is -9.93. The van der Waals surface area contributed by atoms with E-state index < -0.39 is 97.5 Å². The van der Waals surface area contributed by atoms with Crippen molar-refractivity contribution in [3.05, 3.63) is 0 Å². The maximum absolute atomic E-state index is 13.2. The Hall–Kier alpha value is -1.94. The van der Waals surface area contributed by atoms with Crippen molar-refractivity contribution in [2.75, 3.05) is 39.6 Å². The fourth-order valence-electron chi connectivity index (χ4n) is 13.9. The summed E-state index contributed by atoms with van der Waals surface area (Å²) in [4.78, 5) is 73.3. The van der Waals surface area contributed by atoms with E-state index in [2.05, 4.69) is 41.5 Å². The van der Waals surface area contributed by atoms with Crippen LogP contribution in [0.3, 0.4) is 0 Å². The molecular formula is C89H174O17P2. The van der Waals surface area contributed by atoms with E-state index in [-0.39, 0.29) is 25.7 Å². The van der Waals surface area contributed by atoms with E-state index in [4.69, 9.17) is 37.0 Å². The molecule has 3 N–H and O–H groups in total. The van der Waals surface area contributed by atoms with Crippen molar-refractivity contribution >= 4 is 39.5 Å². The SMILES string of the molecule is CCCCCCCCCCCCCCCCCCCCCC(=O)OC[C@H](COP(=O)(O)OC[C@@H](O)COP(=O)(O)OC[C@@H](COC(=O)CCCCCCCCCCC(C)C)OC(=O)CCCCCCCCCCCCCCCCCC)OC(=O)CCCCCCCCCCCCCCCCCCCCC(C)CC. The number of aliphatic hydroxyl groups is 1. The number of hydrogen-bond acceptors (Lipinski definition) is 15. The van der Waals surface area contributed by atoms with Gasteiger partial charge in [0.1, 0.15) is 19.3 Å². The summed E-state index contributed by atoms with van der Waals surface area (Å²) in [6.45, 7) is 9.73. The van der Waals surface area contributed by atoms with Gasteiger partial charge in [-0.25, -0.2) is 9.13 Å². The maximum Gasteiger partial charge on any atom is 0.472 e. The molecule has 0 rings (SSSR count). The second-order valence-electron chi connectivity index (χ2n) is 32.7. The molecule has 0 aliphatic rings. The zero-order chi connectivity index (χ0) is 79.2. The molecule has 0 fully saturated rings. The summed E-state index contributed by atoms with van der Waals surface area (Å²) in [6, 6.07) is 0. The van der Waals surface area contributed by atoms with Crippen LogP contribution in [0.4, 0.5) is 0 Å². The number of phosphoric acid groups is 2. The summed E-state index contributed by atoms with van der Waals surface area (Å²) in [5, 5.41) is 10.7. The van der Waals surface area contributed by atoms with Crippen LogP contribution in [0.5, 0.6) is 0 Å². The van der Waals surface area contributed by atoms with E-state index >= 15 is 0 Å². The van der Waals surface area contributed by atoms with E-state index in [0.29, 0.717) is 25.7 Å². The van der Waals surface area contributed by atoms with E-state index in [1.165, 1.54) is 295 Å². The molecule has 0 amide bonds. The lowest BCUT2D eigenvalue weighted by Gasteiger charge is -2.21. The van der Waals surface area contributed by atoms with Crippen LogP contribution >= 0.6 is 15.6 Å². The number of rotatable bonds is 88. The van der Waals surface area contributed by atoms with Crippen LogP contribution in [0.15, 0.2) is 0 Å². The largest absolute Gasteiger partial charge is 0.472 e. The molecule has 0 aliphatic heterocycles. The summed E-state index contributed by atoms with van der Waals surface area (Å²) in [5.41, 5.74) is 0. The van der Waals surface area contributed by atoms with Crippen LogP contribution in [-0.2, 0) is 65.4 Å². The average Bonchev–Trinajstić information content (AvgIpc) is 0.909. The van der Waals surface area contributed by atoms with E-state index in [9.17, 15) is 43.2 Å². The minimum absolute atomic E-state index is 0.108. The third-order valence-electron chi connectivity index (χ3n) is 21.3. The normalized spacial score (nSPS) is 14.0. The lowest BCUT2D eigenvalue weighted by Crippen LogP contribution is -2.30. The molecule has 0 aromatic carbocycles. The van der Waals surface area contributed by atoms with Crippen molar-refractivity contribution in [3.8, 4) is 0 Å². The highest BCUT2D eigenvalue weighted by Gasteiger charge is 2.31. The Morgan fingerprint density at radius 1 is 0.269 bits per heavy atom. The van der Waals surface area contributed by atoms with Gasteiger partial charge in [-0.15, -0.1) is 0 Å². The molecule has 0 bridgehead atoms. The number of unbranched alkanes of at least 4 members (excludes halogenated alkanes) is 57. The molecule has 19 heteroatoms. The topological polar surface area (TPSA) is 237 Å². The molecule has 642 valence electrons. The first-order chi connectivity index (χ1) is 52.4. The Kier molecular flexibility index (Phi) is 78.8. The predicted molar refractivity (Wildman–Crippen MR) is 446 cm³/mol. The van der Waals surface area contributed by atoms with Gasteiger partial charge in [0.25, 0.3) is 0 Å². The molecule has 108 heavy (non-hydrogen) atoms. The minimum atomic E-state index is -4.97. The quantitative estimate of drug-likeness (QED) is 0.0222. The van der Waals surface area contributed by atoms with Crippen molar-refractivity contribution < 1.29 is 80.2 Å². The summed E-state index contributed by atoms with van der Waals surface area (Å²) >= 11 is 0. The molecule has 0 heterocycles. The highest BCUT2D eigenvalue weighted by molar-refractivity contribution is 7.47. The summed E-state index contributed by atoms with van der Waals surface area (Å²) in [5.74, 6) is -0.501. The first-order valence-corrected chi connectivity index (χ1v) is 49.0. The number of carbonyl (C=O) groups excluding carboxylic acids is 4. The summed E-state index contributed by atoms with van der Waals surface area (Å²) < 4.78 is 69.0. The fourth-order valence-corrected chi connectivity index (χ4v) is 15.5. The highest BCUT2D eigenvalue weighted by Crippen LogP contribution is 2.45. The number of aliphatic hydroxyl groups excluding tert-OH is 1. The number of ether oxygens (including phenoxy) is 4. The Morgan fingerprint density at radius 2 is 0.472 bits per heavy atom. The van der Waals surface area contributed by atoms with Gasteiger partial charge in [-0.2, -0.15) is 0 Å². The van der Waals surface area contributed by atoms with Crippen molar-refractivity contribution in [2.45, 2.75) is 496 Å². The highest BCUT2D eigenvalue weighted by atomic mass is 31.2. The molecule has 0 aromatic heterocycles. The molecule has 0 spiro atoms. The first kappa shape index (κ1) is 106. The van der Waals surface area contributed by atoms with Gasteiger partial charge in [-0.1, -0.05) is 427 Å². The number of carbonyl (C=O) groups is 4. The lowest BCUT2D eigenvalue weighted by molar-refractivity contribution is -0.161. The molecule has 6 atom stereocenters. The van der Waals surface area contributed by atoms with Crippen molar-refractivity contribution in [1.82, 2.24) is 0 Å². The van der Waals surface area contributed by atoms with Crippen molar-refractivity contribution in [2.24, 2.45) is 11.8 Å². The van der Waals surface area contributed by atoms with Crippen LogP contribution in [0.25, 0.3) is 0 Å². The number of hydrogen-bond donors (Lipinski definition) is 3. The van der Waals surface area contributed by atoms with Gasteiger partial charge in [-0.05, 0) is 37.5 Å². The molecule has 3 unspecified atom stereocenters. The molecule has 0 radical (unpaired) electrons. The second-order valence-corrected chi connectivity index (χ2v) is 35.6. The van der Waals surface area contributed by atoms with Crippen LogP contribution in [0.2, 0.25) is 0 Å². The molecule has 17 nitrogen and oxygen atoms in total. The van der Waals surface area contributed by atoms with E-state index in [1.54, 1.807) is 0 Å². The predicted octanol–water partition coefficient (Wildman–Crippen LogP) is 27.4. The molecule has 0 aromatic rings. The van der Waals surface area contributed by atoms with Crippen LogP contribution in [0, 0.1) is 11.8 Å². The van der Waals surface area contributed by atoms with Crippen molar-refractivity contribution in [3.63, 3.8) is 0 Å². The molecule has 0 saturated carbocycles. The smallest absolute Gasteiger partial charge is 0.462 e.